The lowest BCUT2D eigenvalue weighted by Gasteiger charge is -2.32. The summed E-state index contributed by atoms with van der Waals surface area (Å²) in [6, 6.07) is -0.389. The monoisotopic (exact) mass is 261 g/mol. The molecule has 1 unspecified atom stereocenters. The average Bonchev–Trinajstić information content (AvgIpc) is 2.24. The summed E-state index contributed by atoms with van der Waals surface area (Å²) in [5.74, 6) is -0.105. The van der Waals surface area contributed by atoms with Gasteiger partial charge in [-0.3, -0.25) is 9.59 Å². The number of carbonyl (C=O) groups excluding carboxylic acids is 2. The van der Waals surface area contributed by atoms with Crippen molar-refractivity contribution in [3.63, 3.8) is 0 Å². The first-order chi connectivity index (χ1) is 7.69. The van der Waals surface area contributed by atoms with Crippen molar-refractivity contribution in [2.24, 2.45) is 0 Å². The molecule has 5 nitrogen and oxygen atoms in total. The Morgan fingerprint density at radius 1 is 1.71 bits per heavy atom. The van der Waals surface area contributed by atoms with E-state index in [2.05, 4.69) is 17.2 Å². The van der Waals surface area contributed by atoms with Gasteiger partial charge in [-0.05, 0) is 6.92 Å². The molecule has 98 valence electrons. The zero-order valence-corrected chi connectivity index (χ0v) is 10.9. The lowest BCUT2D eigenvalue weighted by atomic mass is 10.1. The lowest BCUT2D eigenvalue weighted by molar-refractivity contribution is -0.137. The molecule has 1 atom stereocenters. The molecule has 2 N–H and O–H groups in total. The second kappa shape index (κ2) is 8.08. The van der Waals surface area contributed by atoms with Crippen molar-refractivity contribution in [3.8, 4) is 0 Å². The van der Waals surface area contributed by atoms with E-state index in [9.17, 15) is 9.59 Å². The van der Waals surface area contributed by atoms with Crippen LogP contribution in [0.15, 0.2) is 12.7 Å². The van der Waals surface area contributed by atoms with E-state index in [1.165, 1.54) is 0 Å². The number of carbonyl (C=O) groups is 2. The first-order valence-corrected chi connectivity index (χ1v) is 5.58. The number of halogens is 1. The molecular weight excluding hydrogens is 242 g/mol. The molecule has 2 amide bonds. The fourth-order valence-electron chi connectivity index (χ4n) is 1.74. The maximum atomic E-state index is 11.9. The molecule has 0 saturated carbocycles. The zero-order chi connectivity index (χ0) is 12.0. The predicted molar refractivity (Wildman–Crippen MR) is 69.1 cm³/mol. The average molecular weight is 262 g/mol. The van der Waals surface area contributed by atoms with Crippen molar-refractivity contribution < 1.29 is 9.59 Å². The molecule has 0 aromatic carbocycles. The van der Waals surface area contributed by atoms with Crippen LogP contribution < -0.4 is 10.6 Å². The van der Waals surface area contributed by atoms with E-state index in [1.807, 2.05) is 6.92 Å². The van der Waals surface area contributed by atoms with Crippen LogP contribution in [-0.4, -0.2) is 48.9 Å². The third-order valence-corrected chi connectivity index (χ3v) is 2.50. The van der Waals surface area contributed by atoms with Crippen LogP contribution in [0.5, 0.6) is 0 Å². The van der Waals surface area contributed by atoms with E-state index in [0.29, 0.717) is 19.6 Å². The van der Waals surface area contributed by atoms with Gasteiger partial charge in [0.2, 0.25) is 11.8 Å². The summed E-state index contributed by atoms with van der Waals surface area (Å²) in [6.07, 6.45) is 1.91. The summed E-state index contributed by atoms with van der Waals surface area (Å²) in [5.41, 5.74) is 0. The maximum absolute atomic E-state index is 11.9. The molecule has 6 heteroatoms. The third-order valence-electron chi connectivity index (χ3n) is 2.50. The van der Waals surface area contributed by atoms with Gasteiger partial charge in [-0.1, -0.05) is 6.08 Å². The minimum atomic E-state index is -0.389. The van der Waals surface area contributed by atoms with Crippen molar-refractivity contribution >= 4 is 24.2 Å². The smallest absolute Gasteiger partial charge is 0.240 e. The van der Waals surface area contributed by atoms with E-state index < -0.39 is 0 Å². The fourth-order valence-corrected chi connectivity index (χ4v) is 1.74. The van der Waals surface area contributed by atoms with Gasteiger partial charge >= 0.3 is 0 Å². The van der Waals surface area contributed by atoms with Crippen LogP contribution in [0, 0.1) is 0 Å². The number of hydrogen-bond acceptors (Lipinski definition) is 3. The van der Waals surface area contributed by atoms with Crippen molar-refractivity contribution in [3.05, 3.63) is 12.7 Å². The van der Waals surface area contributed by atoms with E-state index in [4.69, 9.17) is 0 Å². The van der Waals surface area contributed by atoms with Crippen LogP contribution >= 0.6 is 12.4 Å². The molecule has 0 aromatic heterocycles. The first kappa shape index (κ1) is 15.9. The molecular formula is C11H20ClN3O2. The fraction of sp³-hybridized carbons (Fsp3) is 0.636. The second-order valence-electron chi connectivity index (χ2n) is 3.74. The SMILES string of the molecule is C=CCN1CCNC(CC(=O)NCC)C1=O.Cl. The third kappa shape index (κ3) is 4.75. The van der Waals surface area contributed by atoms with Gasteiger partial charge in [0.25, 0.3) is 0 Å². The quantitative estimate of drug-likeness (QED) is 0.681. The minimum Gasteiger partial charge on any atom is -0.356 e. The van der Waals surface area contributed by atoms with Crippen LogP contribution in [-0.2, 0) is 9.59 Å². The maximum Gasteiger partial charge on any atom is 0.240 e. The van der Waals surface area contributed by atoms with Gasteiger partial charge in [-0.15, -0.1) is 19.0 Å². The highest BCUT2D eigenvalue weighted by molar-refractivity contribution is 5.89. The van der Waals surface area contributed by atoms with E-state index >= 15 is 0 Å². The summed E-state index contributed by atoms with van der Waals surface area (Å²) in [4.78, 5) is 25.0. The first-order valence-electron chi connectivity index (χ1n) is 5.58. The highest BCUT2D eigenvalue weighted by atomic mass is 35.5. The van der Waals surface area contributed by atoms with Crippen LogP contribution in [0.2, 0.25) is 0 Å². The Balaban J connectivity index is 0.00000256. The molecule has 0 bridgehead atoms. The summed E-state index contributed by atoms with van der Waals surface area (Å²) in [5, 5.41) is 5.75. The number of hydrogen-bond donors (Lipinski definition) is 2. The Hall–Kier alpha value is -1.07. The normalized spacial score (nSPS) is 19.5. The largest absolute Gasteiger partial charge is 0.356 e. The molecule has 0 aromatic rings. The van der Waals surface area contributed by atoms with Crippen LogP contribution in [0.3, 0.4) is 0 Å². The Labute approximate surface area is 108 Å². The van der Waals surface area contributed by atoms with Gasteiger partial charge in [-0.2, -0.15) is 0 Å². The molecule has 1 aliphatic heterocycles. The number of piperazine rings is 1. The van der Waals surface area contributed by atoms with Gasteiger partial charge in [0, 0.05) is 26.2 Å². The molecule has 1 heterocycles. The molecule has 17 heavy (non-hydrogen) atoms. The number of rotatable bonds is 5. The van der Waals surface area contributed by atoms with Crippen molar-refractivity contribution in [1.29, 1.82) is 0 Å². The molecule has 1 rings (SSSR count). The zero-order valence-electron chi connectivity index (χ0n) is 10.1. The van der Waals surface area contributed by atoms with Crippen molar-refractivity contribution in [2.45, 2.75) is 19.4 Å². The summed E-state index contributed by atoms with van der Waals surface area (Å²) < 4.78 is 0. The summed E-state index contributed by atoms with van der Waals surface area (Å²) in [6.45, 7) is 8.01. The van der Waals surface area contributed by atoms with E-state index in [-0.39, 0.29) is 36.7 Å². The summed E-state index contributed by atoms with van der Waals surface area (Å²) in [7, 11) is 0. The van der Waals surface area contributed by atoms with Gasteiger partial charge in [-0.25, -0.2) is 0 Å². The van der Waals surface area contributed by atoms with Crippen LogP contribution in [0.1, 0.15) is 13.3 Å². The second-order valence-corrected chi connectivity index (χ2v) is 3.74. The predicted octanol–water partition coefficient (Wildman–Crippen LogP) is -0.0792. The summed E-state index contributed by atoms with van der Waals surface area (Å²) >= 11 is 0. The number of amides is 2. The van der Waals surface area contributed by atoms with E-state index in [1.54, 1.807) is 11.0 Å². The van der Waals surface area contributed by atoms with Crippen molar-refractivity contribution in [2.75, 3.05) is 26.2 Å². The topological polar surface area (TPSA) is 61.4 Å². The highest BCUT2D eigenvalue weighted by Gasteiger charge is 2.28. The van der Waals surface area contributed by atoms with Crippen LogP contribution in [0.25, 0.3) is 0 Å². The molecule has 1 saturated heterocycles. The molecule has 1 fully saturated rings. The minimum absolute atomic E-state index is 0. The lowest BCUT2D eigenvalue weighted by Crippen LogP contribution is -2.56. The highest BCUT2D eigenvalue weighted by Crippen LogP contribution is 2.04. The molecule has 0 aliphatic carbocycles. The molecule has 0 spiro atoms. The van der Waals surface area contributed by atoms with Gasteiger partial charge in [0.05, 0.1) is 12.5 Å². The standard InChI is InChI=1S/C11H19N3O2.ClH/c1-3-6-14-7-5-13-9(11(14)16)8-10(15)12-4-2;/h3,9,13H,1,4-8H2,2H3,(H,12,15);1H. The Morgan fingerprint density at radius 3 is 3.00 bits per heavy atom. The molecule has 0 radical (unpaired) electrons. The van der Waals surface area contributed by atoms with E-state index in [0.717, 1.165) is 6.54 Å². The van der Waals surface area contributed by atoms with Gasteiger partial charge < -0.3 is 15.5 Å². The van der Waals surface area contributed by atoms with Crippen LogP contribution in [0.4, 0.5) is 0 Å². The Bertz CT molecular complexity index is 284. The van der Waals surface area contributed by atoms with Gasteiger partial charge in [0.15, 0.2) is 0 Å². The van der Waals surface area contributed by atoms with Crippen molar-refractivity contribution in [1.82, 2.24) is 15.5 Å². The Morgan fingerprint density at radius 2 is 2.41 bits per heavy atom. The number of nitrogens with zero attached hydrogens (tertiary/aromatic N) is 1. The van der Waals surface area contributed by atoms with Gasteiger partial charge in [0.1, 0.15) is 0 Å². The number of nitrogens with one attached hydrogen (secondary N) is 2. The molecule has 1 aliphatic rings. The Kier molecular flexibility index (Phi) is 7.58.